The van der Waals surface area contributed by atoms with Gasteiger partial charge in [0.2, 0.25) is 0 Å². The highest BCUT2D eigenvalue weighted by atomic mass is 13.8. The van der Waals surface area contributed by atoms with E-state index in [0.29, 0.717) is 6.90 Å². The Kier molecular flexibility index (Phi) is 2.04. The third kappa shape index (κ3) is 3.56. The zero-order valence-corrected chi connectivity index (χ0v) is 3.83. The van der Waals surface area contributed by atoms with Gasteiger partial charge in [0.1, 0.15) is 1.37 Å². The van der Waals surface area contributed by atoms with E-state index in [2.05, 4.69) is 12.3 Å². The minimum absolute atomic E-state index is 0.486. The van der Waals surface area contributed by atoms with Gasteiger partial charge < -0.3 is 0 Å². The maximum absolute atomic E-state index is 6.74. The Balaban J connectivity index is 2.79. The van der Waals surface area contributed by atoms with Crippen molar-refractivity contribution in [1.82, 2.24) is 0 Å². The van der Waals surface area contributed by atoms with Crippen molar-refractivity contribution >= 4 is 0 Å². The summed E-state index contributed by atoms with van der Waals surface area (Å²) in [4.78, 5) is 0. The quantitative estimate of drug-likeness (QED) is 0.353. The van der Waals surface area contributed by atoms with Crippen molar-refractivity contribution in [2.24, 2.45) is 0 Å². The standard InChI is InChI=1S/C6H10/c1-3-5-6-4-2/h1H,4-6H2,2H3/i1D,2D. The fourth-order valence-electron chi connectivity index (χ4n) is 0.213. The predicted molar refractivity (Wildman–Crippen MR) is 28.4 cm³/mol. The van der Waals surface area contributed by atoms with Crippen LogP contribution in [0.15, 0.2) is 0 Å². The van der Waals surface area contributed by atoms with Gasteiger partial charge in [-0.2, -0.15) is 0 Å². The van der Waals surface area contributed by atoms with Crippen molar-refractivity contribution in [3.05, 3.63) is 0 Å². The minimum Gasteiger partial charge on any atom is -0.120 e. The van der Waals surface area contributed by atoms with Crippen LogP contribution < -0.4 is 0 Å². The van der Waals surface area contributed by atoms with E-state index in [1.807, 2.05) is 0 Å². The number of terminal acetylenes is 1. The second kappa shape index (κ2) is 4.56. The van der Waals surface area contributed by atoms with Gasteiger partial charge in [-0.3, -0.25) is 0 Å². The molecule has 0 rings (SSSR count). The van der Waals surface area contributed by atoms with Crippen LogP contribution >= 0.6 is 0 Å². The zero-order chi connectivity index (χ0) is 6.24. The van der Waals surface area contributed by atoms with E-state index in [4.69, 9.17) is 2.74 Å². The Morgan fingerprint density at radius 3 is 3.83 bits per heavy atom. The van der Waals surface area contributed by atoms with Crippen molar-refractivity contribution in [3.8, 4) is 12.3 Å². The molecule has 0 saturated heterocycles. The normalized spacial score (nSPS) is 10.7. The first-order valence-electron chi connectivity index (χ1n) is 3.31. The molecule has 0 N–H and O–H groups in total. The van der Waals surface area contributed by atoms with E-state index in [1.165, 1.54) is 0 Å². The van der Waals surface area contributed by atoms with Gasteiger partial charge >= 0.3 is 0 Å². The zero-order valence-electron chi connectivity index (χ0n) is 5.83. The van der Waals surface area contributed by atoms with E-state index < -0.39 is 0 Å². The second-order valence-electron chi connectivity index (χ2n) is 1.13. The molecular formula is C6H10. The van der Waals surface area contributed by atoms with Crippen LogP contribution in [0.1, 0.15) is 28.9 Å². The molecule has 0 saturated carbocycles. The molecule has 0 aliphatic heterocycles. The van der Waals surface area contributed by atoms with Crippen LogP contribution in [0.2, 0.25) is 0 Å². The number of hydrogen-bond donors (Lipinski definition) is 0. The fraction of sp³-hybridized carbons (Fsp3) is 0.667. The van der Waals surface area contributed by atoms with Crippen molar-refractivity contribution < 1.29 is 2.74 Å². The lowest BCUT2D eigenvalue weighted by Crippen LogP contribution is -1.62. The van der Waals surface area contributed by atoms with Gasteiger partial charge in [-0.05, 0) is 6.42 Å². The number of rotatable bonds is 2. The van der Waals surface area contributed by atoms with Crippen molar-refractivity contribution in [3.63, 3.8) is 0 Å². The smallest absolute Gasteiger partial charge is 0.120 e. The number of hydrogen-bond acceptors (Lipinski definition) is 0. The van der Waals surface area contributed by atoms with Gasteiger partial charge in [0, 0.05) is 7.79 Å². The van der Waals surface area contributed by atoms with Gasteiger partial charge in [-0.1, -0.05) is 13.3 Å². The average Bonchev–Trinajstić information content (AvgIpc) is 1.81. The van der Waals surface area contributed by atoms with Crippen molar-refractivity contribution in [1.29, 1.82) is 0 Å². The lowest BCUT2D eigenvalue weighted by molar-refractivity contribution is 0.828. The topological polar surface area (TPSA) is 0 Å². The molecule has 0 spiro atoms. The lowest BCUT2D eigenvalue weighted by atomic mass is 10.3. The maximum Gasteiger partial charge on any atom is 0.124 e. The molecule has 0 aliphatic rings. The Morgan fingerprint density at radius 1 is 2.17 bits per heavy atom. The molecule has 0 amide bonds. The predicted octanol–water partition coefficient (Wildman–Crippen LogP) is 1.81. The molecule has 0 bridgehead atoms. The largest absolute Gasteiger partial charge is 0.124 e. The average molecular weight is 84.2 g/mol. The Labute approximate surface area is 42.4 Å². The van der Waals surface area contributed by atoms with Crippen LogP contribution in [0.3, 0.4) is 0 Å². The molecule has 0 aromatic heterocycles. The van der Waals surface area contributed by atoms with E-state index in [9.17, 15) is 0 Å². The summed E-state index contributed by atoms with van der Waals surface area (Å²) in [7, 11) is 0. The summed E-state index contributed by atoms with van der Waals surface area (Å²) in [6, 6.07) is 0. The summed E-state index contributed by atoms with van der Waals surface area (Å²) >= 11 is 0. The highest BCUT2D eigenvalue weighted by Gasteiger charge is 1.71. The molecule has 0 radical (unpaired) electrons. The highest BCUT2D eigenvalue weighted by Crippen LogP contribution is 1.88. The summed E-state index contributed by atoms with van der Waals surface area (Å²) in [6.45, 7) is 0.486. The summed E-state index contributed by atoms with van der Waals surface area (Å²) in [6.07, 6.45) is 4.72. The summed E-state index contributed by atoms with van der Waals surface area (Å²) in [5, 5.41) is 0. The highest BCUT2D eigenvalue weighted by molar-refractivity contribution is 4.82. The van der Waals surface area contributed by atoms with Gasteiger partial charge in [-0.15, -0.1) is 12.3 Å². The van der Waals surface area contributed by atoms with E-state index in [0.717, 1.165) is 19.3 Å². The number of unbranched alkanes of at least 4 members (excludes halogenated alkanes) is 2. The molecule has 0 fully saturated rings. The summed E-state index contributed by atoms with van der Waals surface area (Å²) < 4.78 is 13.2. The molecule has 0 aromatic carbocycles. The fourth-order valence-corrected chi connectivity index (χ4v) is 0.213. The summed E-state index contributed by atoms with van der Waals surface area (Å²) in [5.74, 6) is 2.62. The van der Waals surface area contributed by atoms with Gasteiger partial charge in [0.25, 0.3) is 0 Å². The molecule has 0 unspecified atom stereocenters. The van der Waals surface area contributed by atoms with Gasteiger partial charge in [0.15, 0.2) is 0 Å². The second-order valence-corrected chi connectivity index (χ2v) is 1.13. The van der Waals surface area contributed by atoms with Crippen LogP contribution in [-0.4, -0.2) is 0 Å². The van der Waals surface area contributed by atoms with Crippen LogP contribution in [0.4, 0.5) is 0 Å². The first-order chi connectivity index (χ1) is 3.91. The molecule has 34 valence electrons. The first kappa shape index (κ1) is 2.69. The van der Waals surface area contributed by atoms with E-state index >= 15 is 0 Å². The van der Waals surface area contributed by atoms with Crippen LogP contribution in [0, 0.1) is 12.3 Å². The first-order valence-corrected chi connectivity index (χ1v) is 2.10. The Hall–Kier alpha value is -0.440. The Morgan fingerprint density at radius 2 is 3.17 bits per heavy atom. The molecule has 0 nitrogen and oxygen atoms in total. The third-order valence-corrected chi connectivity index (χ3v) is 0.552. The molecule has 6 heavy (non-hydrogen) atoms. The van der Waals surface area contributed by atoms with Crippen LogP contribution in [0.5, 0.6) is 0 Å². The minimum atomic E-state index is 0.486. The molecule has 0 heteroatoms. The molecule has 0 heterocycles. The van der Waals surface area contributed by atoms with Crippen molar-refractivity contribution in [2.45, 2.75) is 26.2 Å². The van der Waals surface area contributed by atoms with Crippen LogP contribution in [-0.2, 0) is 0 Å². The molecular weight excluding hydrogens is 72.1 g/mol. The van der Waals surface area contributed by atoms with E-state index in [-0.39, 0.29) is 0 Å². The summed E-state index contributed by atoms with van der Waals surface area (Å²) in [5.41, 5.74) is 0. The maximum atomic E-state index is 6.74. The SMILES string of the molecule is [2H]C#CCCCC[2H]. The Bertz CT molecular complexity index is 88.4. The molecule has 0 atom stereocenters. The monoisotopic (exact) mass is 84.1 g/mol. The lowest BCUT2D eigenvalue weighted by Gasteiger charge is -1.79. The van der Waals surface area contributed by atoms with Crippen molar-refractivity contribution in [2.75, 3.05) is 0 Å². The van der Waals surface area contributed by atoms with Crippen LogP contribution in [0.25, 0.3) is 0 Å². The van der Waals surface area contributed by atoms with Gasteiger partial charge in [0.05, 0.1) is 0 Å². The van der Waals surface area contributed by atoms with E-state index in [1.54, 1.807) is 0 Å². The third-order valence-electron chi connectivity index (χ3n) is 0.552. The molecule has 0 aliphatic carbocycles. The van der Waals surface area contributed by atoms with Gasteiger partial charge in [-0.25, -0.2) is 0 Å². The molecule has 0 aromatic rings.